The van der Waals surface area contributed by atoms with Crippen LogP contribution in [0.15, 0.2) is 48.9 Å². The van der Waals surface area contributed by atoms with Gasteiger partial charge in [-0.2, -0.15) is 0 Å². The second-order valence-corrected chi connectivity index (χ2v) is 6.65. The van der Waals surface area contributed by atoms with Crippen LogP contribution >= 0.6 is 0 Å². The van der Waals surface area contributed by atoms with E-state index < -0.39 is 0 Å². The van der Waals surface area contributed by atoms with Crippen molar-refractivity contribution in [2.45, 2.75) is 25.0 Å². The molecule has 0 radical (unpaired) electrons. The Labute approximate surface area is 147 Å². The van der Waals surface area contributed by atoms with Crippen molar-refractivity contribution < 1.29 is 9.53 Å². The molecule has 0 aliphatic carbocycles. The van der Waals surface area contributed by atoms with Crippen molar-refractivity contribution in [3.05, 3.63) is 54.6 Å². The monoisotopic (exact) mass is 338 g/mol. The number of aromatic nitrogens is 2. The Hall–Kier alpha value is -2.47. The van der Waals surface area contributed by atoms with Gasteiger partial charge in [0.1, 0.15) is 11.9 Å². The summed E-state index contributed by atoms with van der Waals surface area (Å²) in [5.41, 5.74) is 0.833. The molecule has 2 aliphatic rings. The molecule has 2 fully saturated rings. The van der Waals surface area contributed by atoms with Crippen LogP contribution < -0.4 is 4.74 Å². The van der Waals surface area contributed by atoms with Crippen molar-refractivity contribution in [1.29, 1.82) is 0 Å². The predicted octanol–water partition coefficient (Wildman–Crippen LogP) is 1.38. The van der Waals surface area contributed by atoms with Crippen molar-refractivity contribution in [1.82, 2.24) is 19.8 Å². The third-order valence-corrected chi connectivity index (χ3v) is 4.93. The van der Waals surface area contributed by atoms with E-state index in [1.807, 2.05) is 35.2 Å². The molecule has 1 amide bonds. The predicted molar refractivity (Wildman–Crippen MR) is 93.2 cm³/mol. The molecule has 25 heavy (non-hydrogen) atoms. The molecule has 2 saturated heterocycles. The summed E-state index contributed by atoms with van der Waals surface area (Å²) >= 11 is 0. The van der Waals surface area contributed by atoms with E-state index in [0.29, 0.717) is 12.5 Å². The van der Waals surface area contributed by atoms with Gasteiger partial charge in [0.05, 0.1) is 12.6 Å². The van der Waals surface area contributed by atoms with Gasteiger partial charge in [-0.25, -0.2) is 0 Å². The number of piperazine rings is 1. The lowest BCUT2D eigenvalue weighted by atomic mass is 10.1. The van der Waals surface area contributed by atoms with Crippen LogP contribution in [-0.4, -0.2) is 64.0 Å². The highest BCUT2D eigenvalue weighted by Gasteiger charge is 2.38. The third kappa shape index (κ3) is 3.79. The fraction of sp³-hybridized carbons (Fsp3) is 0.421. The fourth-order valence-electron chi connectivity index (χ4n) is 3.69. The van der Waals surface area contributed by atoms with Crippen LogP contribution in [0, 0.1) is 0 Å². The van der Waals surface area contributed by atoms with Crippen molar-refractivity contribution in [3.8, 4) is 5.75 Å². The first-order valence-electron chi connectivity index (χ1n) is 8.76. The molecule has 2 aromatic heterocycles. The summed E-state index contributed by atoms with van der Waals surface area (Å²) in [7, 11) is 0. The number of pyridine rings is 2. The largest absolute Gasteiger partial charge is 0.487 e. The van der Waals surface area contributed by atoms with Gasteiger partial charge < -0.3 is 9.64 Å². The molecule has 0 N–H and O–H groups in total. The van der Waals surface area contributed by atoms with Gasteiger partial charge >= 0.3 is 0 Å². The normalized spacial score (nSPS) is 23.3. The zero-order valence-corrected chi connectivity index (χ0v) is 14.1. The lowest BCUT2D eigenvalue weighted by Gasteiger charge is -2.37. The zero-order valence-electron chi connectivity index (χ0n) is 14.1. The first-order chi connectivity index (χ1) is 12.3. The number of nitrogens with zero attached hydrogens (tertiary/aromatic N) is 4. The van der Waals surface area contributed by atoms with Gasteiger partial charge in [-0.15, -0.1) is 0 Å². The highest BCUT2D eigenvalue weighted by molar-refractivity contribution is 5.78. The summed E-state index contributed by atoms with van der Waals surface area (Å²) in [5.74, 6) is 0.977. The molecule has 4 heterocycles. The topological polar surface area (TPSA) is 58.6 Å². The SMILES string of the molecule is O=C(Cc1ccccn1)N1CCN2C[C@H](Oc3cccnc3)C[C@H]2C1. The Morgan fingerprint density at radius 2 is 2.12 bits per heavy atom. The summed E-state index contributed by atoms with van der Waals surface area (Å²) < 4.78 is 6.04. The van der Waals surface area contributed by atoms with Crippen LogP contribution in [0.2, 0.25) is 0 Å². The van der Waals surface area contributed by atoms with E-state index in [9.17, 15) is 4.79 Å². The van der Waals surface area contributed by atoms with Gasteiger partial charge in [0.15, 0.2) is 0 Å². The molecule has 6 heteroatoms. The molecule has 0 unspecified atom stereocenters. The molecule has 0 spiro atoms. The van der Waals surface area contributed by atoms with Crippen molar-refractivity contribution >= 4 is 5.91 Å². The first kappa shape index (κ1) is 16.0. The Kier molecular flexibility index (Phi) is 4.61. The van der Waals surface area contributed by atoms with E-state index in [0.717, 1.165) is 44.0 Å². The quantitative estimate of drug-likeness (QED) is 0.843. The molecule has 0 saturated carbocycles. The number of hydrogen-bond acceptors (Lipinski definition) is 5. The lowest BCUT2D eigenvalue weighted by Crippen LogP contribution is -2.52. The number of carbonyl (C=O) groups is 1. The maximum Gasteiger partial charge on any atom is 0.228 e. The number of rotatable bonds is 4. The average Bonchev–Trinajstić information content (AvgIpc) is 3.04. The lowest BCUT2D eigenvalue weighted by molar-refractivity contribution is -0.133. The standard InChI is InChI=1S/C19H22N4O2/c24-19(10-15-4-1-2-7-21-15)23-9-8-22-14-18(11-16(22)13-23)25-17-5-3-6-20-12-17/h1-7,12,16,18H,8-11,13-14H2/t16-,18+/m0/s1. The fourth-order valence-corrected chi connectivity index (χ4v) is 3.69. The van der Waals surface area contributed by atoms with Crippen LogP contribution in [0.25, 0.3) is 0 Å². The maximum absolute atomic E-state index is 12.6. The maximum atomic E-state index is 12.6. The number of hydrogen-bond donors (Lipinski definition) is 0. The zero-order chi connectivity index (χ0) is 17.1. The average molecular weight is 338 g/mol. The molecular formula is C19H22N4O2. The number of fused-ring (bicyclic) bond motifs is 1. The van der Waals surface area contributed by atoms with Crippen molar-refractivity contribution in [2.24, 2.45) is 0 Å². The molecule has 2 aliphatic heterocycles. The molecule has 2 atom stereocenters. The molecule has 2 aromatic rings. The van der Waals surface area contributed by atoms with E-state index >= 15 is 0 Å². The summed E-state index contributed by atoms with van der Waals surface area (Å²) in [6, 6.07) is 9.89. The van der Waals surface area contributed by atoms with Crippen LogP contribution in [0.5, 0.6) is 5.75 Å². The molecule has 0 aromatic carbocycles. The number of ether oxygens (including phenoxy) is 1. The van der Waals surface area contributed by atoms with Gasteiger partial charge in [0.25, 0.3) is 0 Å². The molecular weight excluding hydrogens is 316 g/mol. The minimum absolute atomic E-state index is 0.162. The smallest absolute Gasteiger partial charge is 0.228 e. The van der Waals surface area contributed by atoms with Crippen LogP contribution in [-0.2, 0) is 11.2 Å². The molecule has 6 nitrogen and oxygen atoms in total. The summed E-state index contributed by atoms with van der Waals surface area (Å²) in [6.07, 6.45) is 6.72. The van der Waals surface area contributed by atoms with Gasteiger partial charge in [0, 0.05) is 56.7 Å². The van der Waals surface area contributed by atoms with E-state index in [1.54, 1.807) is 18.6 Å². The van der Waals surface area contributed by atoms with Crippen LogP contribution in [0.3, 0.4) is 0 Å². The molecule has 0 bridgehead atoms. The summed E-state index contributed by atoms with van der Waals surface area (Å²) in [5, 5.41) is 0. The molecule has 4 rings (SSSR count). The van der Waals surface area contributed by atoms with Crippen molar-refractivity contribution in [3.63, 3.8) is 0 Å². The van der Waals surface area contributed by atoms with E-state index in [2.05, 4.69) is 14.9 Å². The minimum Gasteiger partial charge on any atom is -0.487 e. The third-order valence-electron chi connectivity index (χ3n) is 4.93. The minimum atomic E-state index is 0.162. The van der Waals surface area contributed by atoms with E-state index in [4.69, 9.17) is 4.74 Å². The summed E-state index contributed by atoms with van der Waals surface area (Å²) in [4.78, 5) is 25.3. The highest BCUT2D eigenvalue weighted by atomic mass is 16.5. The van der Waals surface area contributed by atoms with Crippen molar-refractivity contribution in [2.75, 3.05) is 26.2 Å². The van der Waals surface area contributed by atoms with Gasteiger partial charge in [-0.05, 0) is 24.3 Å². The highest BCUT2D eigenvalue weighted by Crippen LogP contribution is 2.25. The first-order valence-corrected chi connectivity index (χ1v) is 8.76. The Morgan fingerprint density at radius 3 is 2.92 bits per heavy atom. The number of carbonyl (C=O) groups excluding carboxylic acids is 1. The Morgan fingerprint density at radius 1 is 1.16 bits per heavy atom. The number of amides is 1. The van der Waals surface area contributed by atoms with Gasteiger partial charge in [-0.3, -0.25) is 19.7 Å². The Balaban J connectivity index is 1.33. The Bertz CT molecular complexity index is 710. The van der Waals surface area contributed by atoms with E-state index in [-0.39, 0.29) is 12.0 Å². The van der Waals surface area contributed by atoms with Gasteiger partial charge in [0.2, 0.25) is 5.91 Å². The van der Waals surface area contributed by atoms with Crippen LogP contribution in [0.4, 0.5) is 0 Å². The van der Waals surface area contributed by atoms with Gasteiger partial charge in [-0.1, -0.05) is 6.07 Å². The molecule has 130 valence electrons. The second-order valence-electron chi connectivity index (χ2n) is 6.65. The van der Waals surface area contributed by atoms with Crippen LogP contribution in [0.1, 0.15) is 12.1 Å². The van der Waals surface area contributed by atoms with E-state index in [1.165, 1.54) is 0 Å². The second kappa shape index (κ2) is 7.19. The summed E-state index contributed by atoms with van der Waals surface area (Å²) in [6.45, 7) is 3.38.